The summed E-state index contributed by atoms with van der Waals surface area (Å²) in [7, 11) is 4.36. The first kappa shape index (κ1) is 23.3. The molecule has 0 amide bonds. The van der Waals surface area contributed by atoms with Gasteiger partial charge in [-0.1, -0.05) is 0 Å². The number of aliphatic hydroxyl groups is 1. The van der Waals surface area contributed by atoms with E-state index in [1.807, 2.05) is 0 Å². The molecule has 10 nitrogen and oxygen atoms in total. The van der Waals surface area contributed by atoms with Crippen LogP contribution in [0.4, 0.5) is 0 Å². The van der Waals surface area contributed by atoms with Crippen LogP contribution >= 0.6 is 0 Å². The van der Waals surface area contributed by atoms with Crippen LogP contribution in [0.15, 0.2) is 11.8 Å². The molecule has 1 saturated heterocycles. The number of nitrogens with one attached hydrogen (secondary N) is 1. The Hall–Kier alpha value is -1.72. The second-order valence-electron chi connectivity index (χ2n) is 5.58. The van der Waals surface area contributed by atoms with Crippen molar-refractivity contribution < 1.29 is 43.1 Å². The van der Waals surface area contributed by atoms with Crippen LogP contribution in [0.5, 0.6) is 0 Å². The van der Waals surface area contributed by atoms with Crippen LogP contribution in [0.25, 0.3) is 0 Å². The Morgan fingerprint density at radius 1 is 1.00 bits per heavy atom. The minimum absolute atomic E-state index is 0.0691. The zero-order valence-corrected chi connectivity index (χ0v) is 16.3. The predicted molar refractivity (Wildman–Crippen MR) is 92.6 cm³/mol. The number of esters is 2. The maximum absolute atomic E-state index is 11.9. The Labute approximate surface area is 158 Å². The van der Waals surface area contributed by atoms with Crippen LogP contribution in [-0.4, -0.2) is 88.8 Å². The molecule has 156 valence electrons. The van der Waals surface area contributed by atoms with Crippen molar-refractivity contribution >= 4 is 11.9 Å². The molecule has 27 heavy (non-hydrogen) atoms. The molecule has 1 rings (SSSR count). The van der Waals surface area contributed by atoms with Gasteiger partial charge in [-0.3, -0.25) is 0 Å². The van der Waals surface area contributed by atoms with Crippen molar-refractivity contribution in [2.45, 2.75) is 44.6 Å². The molecule has 1 heterocycles. The third-order valence-corrected chi connectivity index (χ3v) is 3.95. The van der Waals surface area contributed by atoms with E-state index in [9.17, 15) is 14.7 Å². The average molecular weight is 391 g/mol. The van der Waals surface area contributed by atoms with E-state index in [0.717, 1.165) is 0 Å². The molecule has 0 unspecified atom stereocenters. The van der Waals surface area contributed by atoms with Crippen molar-refractivity contribution in [1.82, 2.24) is 5.32 Å². The minimum Gasteiger partial charge on any atom is -0.462 e. The van der Waals surface area contributed by atoms with E-state index in [-0.39, 0.29) is 25.3 Å². The maximum Gasteiger partial charge on any atom is 0.347 e. The van der Waals surface area contributed by atoms with E-state index in [2.05, 4.69) is 5.32 Å². The fourth-order valence-corrected chi connectivity index (χ4v) is 2.66. The van der Waals surface area contributed by atoms with E-state index in [1.54, 1.807) is 13.8 Å². The monoisotopic (exact) mass is 391 g/mol. The molecule has 0 aromatic heterocycles. The van der Waals surface area contributed by atoms with Crippen LogP contribution in [0.1, 0.15) is 13.8 Å². The molecule has 0 aromatic rings. The first-order valence-electron chi connectivity index (χ1n) is 8.64. The van der Waals surface area contributed by atoms with Crippen LogP contribution in [0.3, 0.4) is 0 Å². The van der Waals surface area contributed by atoms with Gasteiger partial charge in [-0.25, -0.2) is 9.59 Å². The number of hydrogen-bond acceptors (Lipinski definition) is 10. The molecule has 1 aliphatic heterocycles. The molecule has 0 bridgehead atoms. The molecular formula is C17H29NO9. The lowest BCUT2D eigenvalue weighted by Crippen LogP contribution is -2.61. The normalized spacial score (nSPS) is 27.6. The quantitative estimate of drug-likeness (QED) is 0.215. The lowest BCUT2D eigenvalue weighted by atomic mass is 9.98. The van der Waals surface area contributed by atoms with Crippen molar-refractivity contribution in [3.05, 3.63) is 11.8 Å². The zero-order chi connectivity index (χ0) is 20.4. The SMILES string of the molecule is CCOC(=O)C(=CNC[C@H]1O[C@H](OC)[C@H](OC)[C@@H](OC)[C@@H]1O)C(=O)OCC. The summed E-state index contributed by atoms with van der Waals surface area (Å²) < 4.78 is 31.2. The first-order valence-corrected chi connectivity index (χ1v) is 8.64. The number of methoxy groups -OCH3 is 3. The van der Waals surface area contributed by atoms with Crippen LogP contribution in [0, 0.1) is 0 Å². The summed E-state index contributed by atoms with van der Waals surface area (Å²) in [4.78, 5) is 23.8. The maximum atomic E-state index is 11.9. The van der Waals surface area contributed by atoms with Gasteiger partial charge in [0.15, 0.2) is 11.9 Å². The Bertz CT molecular complexity index is 491. The summed E-state index contributed by atoms with van der Waals surface area (Å²) >= 11 is 0. The number of hydrogen-bond donors (Lipinski definition) is 2. The minimum atomic E-state index is -1.03. The van der Waals surface area contributed by atoms with Crippen molar-refractivity contribution in [2.75, 3.05) is 41.1 Å². The van der Waals surface area contributed by atoms with Gasteiger partial charge in [0, 0.05) is 34.1 Å². The highest BCUT2D eigenvalue weighted by molar-refractivity contribution is 6.13. The van der Waals surface area contributed by atoms with Crippen LogP contribution in [0.2, 0.25) is 0 Å². The number of ether oxygens (including phenoxy) is 6. The smallest absolute Gasteiger partial charge is 0.347 e. The van der Waals surface area contributed by atoms with E-state index >= 15 is 0 Å². The highest BCUT2D eigenvalue weighted by Crippen LogP contribution is 2.25. The molecule has 0 aliphatic carbocycles. The van der Waals surface area contributed by atoms with Gasteiger partial charge in [0.2, 0.25) is 0 Å². The third-order valence-electron chi connectivity index (χ3n) is 3.95. The van der Waals surface area contributed by atoms with Crippen molar-refractivity contribution in [3.8, 4) is 0 Å². The Morgan fingerprint density at radius 2 is 1.56 bits per heavy atom. The van der Waals surface area contributed by atoms with Gasteiger partial charge >= 0.3 is 11.9 Å². The summed E-state index contributed by atoms with van der Waals surface area (Å²) in [5, 5.41) is 13.3. The molecule has 5 atom stereocenters. The van der Waals surface area contributed by atoms with Gasteiger partial charge in [-0.2, -0.15) is 0 Å². The summed E-state index contributed by atoms with van der Waals surface area (Å²) in [5.41, 5.74) is -0.287. The highest BCUT2D eigenvalue weighted by Gasteiger charge is 2.46. The topological polar surface area (TPSA) is 122 Å². The van der Waals surface area contributed by atoms with E-state index in [1.165, 1.54) is 27.5 Å². The standard InChI is InChI=1S/C17H29NO9/c1-6-25-15(20)10(16(21)26-7-2)8-18-9-11-12(19)13(22-3)14(23-4)17(24-5)27-11/h8,11-14,17-19H,6-7,9H2,1-5H3/t11-,12-,13+,14-,17+/m1/s1. The predicted octanol–water partition coefficient (Wildman–Crippen LogP) is -0.652. The number of carbonyl (C=O) groups is 2. The highest BCUT2D eigenvalue weighted by atomic mass is 16.7. The summed E-state index contributed by atoms with van der Waals surface area (Å²) in [6.45, 7) is 3.55. The molecule has 2 N–H and O–H groups in total. The number of rotatable bonds is 10. The third kappa shape index (κ3) is 6.15. The molecule has 0 spiro atoms. The van der Waals surface area contributed by atoms with Crippen LogP contribution in [-0.2, 0) is 38.0 Å². The van der Waals surface area contributed by atoms with Gasteiger partial charge in [-0.05, 0) is 13.8 Å². The lowest BCUT2D eigenvalue weighted by Gasteiger charge is -2.42. The fraction of sp³-hybridized carbons (Fsp3) is 0.765. The Balaban J connectivity index is 2.84. The molecular weight excluding hydrogens is 362 g/mol. The van der Waals surface area contributed by atoms with Crippen molar-refractivity contribution in [2.24, 2.45) is 0 Å². The lowest BCUT2D eigenvalue weighted by molar-refractivity contribution is -0.297. The first-order chi connectivity index (χ1) is 12.9. The van der Waals surface area contributed by atoms with Crippen molar-refractivity contribution in [3.63, 3.8) is 0 Å². The number of aliphatic hydroxyl groups excluding tert-OH is 1. The molecule has 0 saturated carbocycles. The van der Waals surface area contributed by atoms with Gasteiger partial charge in [0.25, 0.3) is 0 Å². The van der Waals surface area contributed by atoms with Gasteiger partial charge in [0.05, 0.1) is 13.2 Å². The summed E-state index contributed by atoms with van der Waals surface area (Å²) in [6, 6.07) is 0. The molecule has 10 heteroatoms. The average Bonchev–Trinajstić information content (AvgIpc) is 2.65. The fourth-order valence-electron chi connectivity index (χ4n) is 2.66. The zero-order valence-electron chi connectivity index (χ0n) is 16.3. The van der Waals surface area contributed by atoms with Crippen LogP contribution < -0.4 is 5.32 Å². The Morgan fingerprint density at radius 3 is 2.00 bits per heavy atom. The van der Waals surface area contributed by atoms with E-state index in [4.69, 9.17) is 28.4 Å². The summed E-state index contributed by atoms with van der Waals surface area (Å²) in [5.74, 6) is -1.62. The Kier molecular flexibility index (Phi) is 10.3. The van der Waals surface area contributed by atoms with Gasteiger partial charge < -0.3 is 38.8 Å². The molecule has 0 aromatic carbocycles. The number of carbonyl (C=O) groups excluding carboxylic acids is 2. The van der Waals surface area contributed by atoms with Crippen molar-refractivity contribution in [1.29, 1.82) is 0 Å². The van der Waals surface area contributed by atoms with E-state index < -0.39 is 42.6 Å². The summed E-state index contributed by atoms with van der Waals surface area (Å²) in [6.07, 6.45) is -2.64. The molecule has 0 radical (unpaired) electrons. The largest absolute Gasteiger partial charge is 0.462 e. The second kappa shape index (κ2) is 11.9. The van der Waals surface area contributed by atoms with Gasteiger partial charge in [0.1, 0.15) is 24.4 Å². The van der Waals surface area contributed by atoms with Gasteiger partial charge in [-0.15, -0.1) is 0 Å². The second-order valence-corrected chi connectivity index (χ2v) is 5.58. The molecule has 1 aliphatic rings. The van der Waals surface area contributed by atoms with E-state index in [0.29, 0.717) is 0 Å². The molecule has 1 fully saturated rings.